The molecule has 0 spiro atoms. The van der Waals surface area contributed by atoms with Crippen molar-refractivity contribution in [2.75, 3.05) is 6.54 Å². The second-order valence-corrected chi connectivity index (χ2v) is 6.75. The SMILES string of the molecule is C=CCC1(CC=C)CN[C@@H](CC(/C(Cl)=C\N)=C(/S)Cl)C1. The first kappa shape index (κ1) is 17.7. The standard InChI is InChI=1S/C15H22Cl2N2S/c1-3-5-15(6-4-2)8-11(19-10-15)7-12(14(17)20)13(16)9-18/h3-4,9,11,19-20H,1-2,5-8,10,18H2/b13-9+,14-12-/t11-/m0/s1. The van der Waals surface area contributed by atoms with E-state index >= 15 is 0 Å². The highest BCUT2D eigenvalue weighted by atomic mass is 35.5. The van der Waals surface area contributed by atoms with Crippen LogP contribution in [0.1, 0.15) is 25.7 Å². The second kappa shape index (κ2) is 8.18. The van der Waals surface area contributed by atoms with Crippen LogP contribution < -0.4 is 11.1 Å². The van der Waals surface area contributed by atoms with Crippen LogP contribution in [0.15, 0.2) is 46.5 Å². The Morgan fingerprint density at radius 3 is 2.40 bits per heavy atom. The van der Waals surface area contributed by atoms with Crippen LogP contribution >= 0.6 is 35.8 Å². The van der Waals surface area contributed by atoms with Gasteiger partial charge in [0, 0.05) is 18.8 Å². The van der Waals surface area contributed by atoms with Crippen molar-refractivity contribution in [3.8, 4) is 0 Å². The molecule has 0 aliphatic carbocycles. The van der Waals surface area contributed by atoms with Crippen LogP contribution in [0.25, 0.3) is 0 Å². The molecule has 0 radical (unpaired) electrons. The smallest absolute Gasteiger partial charge is 0.0752 e. The highest BCUT2D eigenvalue weighted by molar-refractivity contribution is 7.86. The first-order valence-electron chi connectivity index (χ1n) is 6.58. The van der Waals surface area contributed by atoms with E-state index in [4.69, 9.17) is 28.9 Å². The molecule has 1 aliphatic heterocycles. The molecule has 0 saturated carbocycles. The number of rotatable bonds is 7. The molecule has 1 aliphatic rings. The van der Waals surface area contributed by atoms with Crippen LogP contribution in [0.2, 0.25) is 0 Å². The Morgan fingerprint density at radius 1 is 1.35 bits per heavy atom. The van der Waals surface area contributed by atoms with Crippen LogP contribution in [0.3, 0.4) is 0 Å². The maximum absolute atomic E-state index is 6.08. The third-order valence-electron chi connectivity index (χ3n) is 3.73. The normalized spacial score (nSPS) is 23.4. The number of nitrogens with two attached hydrogens (primary N) is 1. The van der Waals surface area contributed by atoms with Crippen molar-refractivity contribution in [2.45, 2.75) is 31.7 Å². The Morgan fingerprint density at radius 2 is 1.95 bits per heavy atom. The zero-order valence-electron chi connectivity index (χ0n) is 11.5. The number of hydrogen-bond acceptors (Lipinski definition) is 3. The average Bonchev–Trinajstić information content (AvgIpc) is 2.79. The van der Waals surface area contributed by atoms with E-state index in [0.29, 0.717) is 21.9 Å². The van der Waals surface area contributed by atoms with Crippen LogP contribution in [-0.2, 0) is 0 Å². The van der Waals surface area contributed by atoms with Crippen molar-refractivity contribution in [1.82, 2.24) is 5.32 Å². The van der Waals surface area contributed by atoms with Crippen molar-refractivity contribution >= 4 is 35.8 Å². The van der Waals surface area contributed by atoms with Crippen LogP contribution in [0.4, 0.5) is 0 Å². The molecule has 0 unspecified atom stereocenters. The molecule has 1 saturated heterocycles. The molecule has 1 rings (SSSR count). The van der Waals surface area contributed by atoms with E-state index < -0.39 is 0 Å². The number of thiol groups is 1. The van der Waals surface area contributed by atoms with Gasteiger partial charge in [0.1, 0.15) is 0 Å². The van der Waals surface area contributed by atoms with Crippen LogP contribution in [0.5, 0.6) is 0 Å². The van der Waals surface area contributed by atoms with Gasteiger partial charge in [0.05, 0.1) is 9.40 Å². The summed E-state index contributed by atoms with van der Waals surface area (Å²) in [6.07, 6.45) is 8.98. The lowest BCUT2D eigenvalue weighted by molar-refractivity contribution is 0.324. The van der Waals surface area contributed by atoms with Crippen LogP contribution in [-0.4, -0.2) is 12.6 Å². The van der Waals surface area contributed by atoms with Gasteiger partial charge in [-0.3, -0.25) is 0 Å². The summed E-state index contributed by atoms with van der Waals surface area (Å²) in [6.45, 7) is 8.65. The fraction of sp³-hybridized carbons (Fsp3) is 0.467. The predicted octanol–water partition coefficient (Wildman–Crippen LogP) is 4.30. The second-order valence-electron chi connectivity index (χ2n) is 5.26. The minimum atomic E-state index is 0.196. The molecule has 1 fully saturated rings. The average molecular weight is 333 g/mol. The number of nitrogens with one attached hydrogen (secondary N) is 1. The van der Waals surface area contributed by atoms with E-state index in [1.54, 1.807) is 0 Å². The monoisotopic (exact) mass is 332 g/mol. The Balaban J connectivity index is 2.79. The van der Waals surface area contributed by atoms with Crippen molar-refractivity contribution < 1.29 is 0 Å². The summed E-state index contributed by atoms with van der Waals surface area (Å²) < 4.78 is 0.392. The Labute approximate surface area is 137 Å². The third kappa shape index (κ3) is 4.59. The quantitative estimate of drug-likeness (QED) is 0.369. The van der Waals surface area contributed by atoms with Crippen molar-refractivity contribution in [3.05, 3.63) is 46.5 Å². The molecule has 3 N–H and O–H groups in total. The van der Waals surface area contributed by atoms with Gasteiger partial charge in [0.2, 0.25) is 0 Å². The van der Waals surface area contributed by atoms with Gasteiger partial charge in [-0.15, -0.1) is 25.8 Å². The van der Waals surface area contributed by atoms with Gasteiger partial charge in [0.15, 0.2) is 0 Å². The van der Waals surface area contributed by atoms with Crippen molar-refractivity contribution in [3.63, 3.8) is 0 Å². The summed E-state index contributed by atoms with van der Waals surface area (Å²) in [6, 6.07) is 0.305. The summed E-state index contributed by atoms with van der Waals surface area (Å²) in [5, 5.41) is 3.99. The Kier molecular flexibility index (Phi) is 7.24. The van der Waals surface area contributed by atoms with Gasteiger partial charge in [0.25, 0.3) is 0 Å². The topological polar surface area (TPSA) is 38.0 Å². The summed E-state index contributed by atoms with van der Waals surface area (Å²) in [5.74, 6) is 0. The van der Waals surface area contributed by atoms with Crippen molar-refractivity contribution in [1.29, 1.82) is 0 Å². The first-order valence-corrected chi connectivity index (χ1v) is 7.79. The lowest BCUT2D eigenvalue weighted by atomic mass is 9.78. The largest absolute Gasteiger partial charge is 0.403 e. The zero-order valence-corrected chi connectivity index (χ0v) is 13.9. The number of hydrogen-bond donors (Lipinski definition) is 3. The van der Waals surface area contributed by atoms with Gasteiger partial charge in [-0.1, -0.05) is 35.4 Å². The number of halogens is 2. The molecule has 0 aromatic rings. The Bertz CT molecular complexity index is 416. The molecular formula is C15H22Cl2N2S. The minimum Gasteiger partial charge on any atom is -0.403 e. The molecule has 112 valence electrons. The molecule has 5 heteroatoms. The maximum atomic E-state index is 6.08. The molecule has 1 heterocycles. The molecule has 0 bridgehead atoms. The van der Waals surface area contributed by atoms with Gasteiger partial charge < -0.3 is 11.1 Å². The van der Waals surface area contributed by atoms with Gasteiger partial charge >= 0.3 is 0 Å². The highest BCUT2D eigenvalue weighted by Crippen LogP contribution is 2.40. The fourth-order valence-electron chi connectivity index (χ4n) is 2.81. The molecule has 2 nitrogen and oxygen atoms in total. The van der Waals surface area contributed by atoms with Gasteiger partial charge in [-0.05, 0) is 36.7 Å². The summed E-state index contributed by atoms with van der Waals surface area (Å²) in [5.41, 5.74) is 6.44. The lowest BCUT2D eigenvalue weighted by Gasteiger charge is -2.25. The summed E-state index contributed by atoms with van der Waals surface area (Å²) >= 11 is 16.3. The van der Waals surface area contributed by atoms with Crippen molar-refractivity contribution in [2.24, 2.45) is 11.1 Å². The van der Waals surface area contributed by atoms with E-state index in [-0.39, 0.29) is 5.41 Å². The van der Waals surface area contributed by atoms with E-state index in [1.165, 1.54) is 6.20 Å². The highest BCUT2D eigenvalue weighted by Gasteiger charge is 2.37. The Hall–Kier alpha value is -0.350. The van der Waals surface area contributed by atoms with Crippen LogP contribution in [0, 0.1) is 5.41 Å². The maximum Gasteiger partial charge on any atom is 0.0752 e. The van der Waals surface area contributed by atoms with E-state index in [9.17, 15) is 0 Å². The molecule has 20 heavy (non-hydrogen) atoms. The lowest BCUT2D eigenvalue weighted by Crippen LogP contribution is -2.23. The molecular weight excluding hydrogens is 311 g/mol. The fourth-order valence-corrected chi connectivity index (χ4v) is 3.48. The number of allylic oxidation sites excluding steroid dienone is 3. The van der Waals surface area contributed by atoms with E-state index in [0.717, 1.165) is 31.4 Å². The molecule has 0 aromatic carbocycles. The minimum absolute atomic E-state index is 0.196. The first-order chi connectivity index (χ1) is 9.48. The van der Waals surface area contributed by atoms with E-state index in [2.05, 4.69) is 31.1 Å². The third-order valence-corrected chi connectivity index (χ3v) is 4.59. The predicted molar refractivity (Wildman–Crippen MR) is 93.1 cm³/mol. The van der Waals surface area contributed by atoms with Gasteiger partial charge in [-0.25, -0.2) is 0 Å². The molecule has 0 amide bonds. The summed E-state index contributed by atoms with van der Waals surface area (Å²) in [4.78, 5) is 0. The van der Waals surface area contributed by atoms with Gasteiger partial charge in [-0.2, -0.15) is 0 Å². The summed E-state index contributed by atoms with van der Waals surface area (Å²) in [7, 11) is 0. The zero-order chi connectivity index (χ0) is 15.2. The van der Waals surface area contributed by atoms with E-state index in [1.807, 2.05) is 12.2 Å². The molecule has 1 atom stereocenters. The molecule has 0 aromatic heterocycles.